The number of nitrogens with one attached hydrogen (secondary N) is 2. The minimum Gasteiger partial charge on any atom is -0.481 e. The highest BCUT2D eigenvalue weighted by molar-refractivity contribution is 5.93. The van der Waals surface area contributed by atoms with Crippen molar-refractivity contribution in [2.75, 3.05) is 19.7 Å². The molecule has 0 radical (unpaired) electrons. The van der Waals surface area contributed by atoms with Crippen LogP contribution in [0.15, 0.2) is 48.5 Å². The first kappa shape index (κ1) is 21.9. The molecule has 0 saturated heterocycles. The summed E-state index contributed by atoms with van der Waals surface area (Å²) in [5.74, 6) is 2.61. The fourth-order valence-corrected chi connectivity index (χ4v) is 3.56. The van der Waals surface area contributed by atoms with Crippen LogP contribution in [0.2, 0.25) is 0 Å². The van der Waals surface area contributed by atoms with Crippen LogP contribution < -0.4 is 10.6 Å². The lowest BCUT2D eigenvalue weighted by molar-refractivity contribution is -0.141. The standard InChI is InChI=1S/C24H24N2O5/c1-2-16(23(28)29)14-26-22(27)12-7-13-25-24(30)31-15-21-19-10-5-3-8-17(19)18-9-4-6-11-20(18)21/h3-6,8-11,16,21H,2,13-15H2,1H3,(H,25,30)(H,26,27)(H,28,29). The van der Waals surface area contributed by atoms with E-state index in [4.69, 9.17) is 9.84 Å². The molecule has 160 valence electrons. The molecule has 7 nitrogen and oxygen atoms in total. The number of aliphatic carboxylic acids is 1. The molecule has 1 atom stereocenters. The van der Waals surface area contributed by atoms with Gasteiger partial charge in [-0.15, -0.1) is 0 Å². The van der Waals surface area contributed by atoms with Gasteiger partial charge < -0.3 is 20.5 Å². The van der Waals surface area contributed by atoms with Crippen molar-refractivity contribution in [3.05, 3.63) is 59.7 Å². The third kappa shape index (κ3) is 5.43. The number of fused-ring (bicyclic) bond motifs is 3. The summed E-state index contributed by atoms with van der Waals surface area (Å²) in [6.45, 7) is 1.88. The van der Waals surface area contributed by atoms with Crippen molar-refractivity contribution in [2.45, 2.75) is 19.3 Å². The molecule has 0 aromatic heterocycles. The molecule has 0 heterocycles. The van der Waals surface area contributed by atoms with E-state index in [1.54, 1.807) is 6.92 Å². The number of benzene rings is 2. The van der Waals surface area contributed by atoms with Gasteiger partial charge in [0.05, 0.1) is 12.5 Å². The van der Waals surface area contributed by atoms with Gasteiger partial charge in [-0.2, -0.15) is 0 Å². The highest BCUT2D eigenvalue weighted by Gasteiger charge is 2.28. The Morgan fingerprint density at radius 1 is 1.03 bits per heavy atom. The predicted octanol–water partition coefficient (Wildman–Crippen LogP) is 2.76. The van der Waals surface area contributed by atoms with Crippen LogP contribution in [0.4, 0.5) is 4.79 Å². The number of alkyl carbamates (subject to hydrolysis) is 1. The Kier molecular flexibility index (Phi) is 7.28. The summed E-state index contributed by atoms with van der Waals surface area (Å²) in [4.78, 5) is 34.6. The first-order valence-electron chi connectivity index (χ1n) is 10.1. The topological polar surface area (TPSA) is 105 Å². The van der Waals surface area contributed by atoms with Gasteiger partial charge in [0, 0.05) is 12.5 Å². The average molecular weight is 420 g/mol. The van der Waals surface area contributed by atoms with Gasteiger partial charge in [0.2, 0.25) is 0 Å². The van der Waals surface area contributed by atoms with Crippen LogP contribution in [0.5, 0.6) is 0 Å². The maximum Gasteiger partial charge on any atom is 0.407 e. The zero-order chi connectivity index (χ0) is 22.2. The van der Waals surface area contributed by atoms with E-state index in [9.17, 15) is 14.4 Å². The Bertz CT molecular complexity index is 992. The molecule has 1 unspecified atom stereocenters. The van der Waals surface area contributed by atoms with Gasteiger partial charge in [0.25, 0.3) is 5.91 Å². The Morgan fingerprint density at radius 2 is 1.65 bits per heavy atom. The molecule has 2 aromatic carbocycles. The summed E-state index contributed by atoms with van der Waals surface area (Å²) in [5.41, 5.74) is 4.55. The molecule has 0 spiro atoms. The van der Waals surface area contributed by atoms with Gasteiger partial charge in [-0.3, -0.25) is 9.59 Å². The molecule has 1 aliphatic rings. The van der Waals surface area contributed by atoms with Gasteiger partial charge in [0.15, 0.2) is 0 Å². The second kappa shape index (κ2) is 10.3. The molecule has 2 amide bonds. The minimum atomic E-state index is -0.965. The number of rotatable bonds is 7. The number of carbonyl (C=O) groups excluding carboxylic acids is 2. The fourth-order valence-electron chi connectivity index (χ4n) is 3.56. The quantitative estimate of drug-likeness (QED) is 0.598. The van der Waals surface area contributed by atoms with E-state index in [-0.39, 0.29) is 25.6 Å². The summed E-state index contributed by atoms with van der Waals surface area (Å²) in [7, 11) is 0. The number of carboxylic acid groups (broad SMARTS) is 1. The van der Waals surface area contributed by atoms with Crippen molar-refractivity contribution >= 4 is 18.0 Å². The van der Waals surface area contributed by atoms with E-state index in [2.05, 4.69) is 34.6 Å². The summed E-state index contributed by atoms with van der Waals surface area (Å²) in [6.07, 6.45) is -0.208. The lowest BCUT2D eigenvalue weighted by Gasteiger charge is -2.14. The van der Waals surface area contributed by atoms with E-state index >= 15 is 0 Å². The molecule has 0 saturated carbocycles. The molecule has 1 aliphatic carbocycles. The normalized spacial score (nSPS) is 12.5. The van der Waals surface area contributed by atoms with Gasteiger partial charge in [0.1, 0.15) is 6.61 Å². The van der Waals surface area contributed by atoms with Gasteiger partial charge >= 0.3 is 12.1 Å². The molecular formula is C24H24N2O5. The van der Waals surface area contributed by atoms with Crippen molar-refractivity contribution in [3.63, 3.8) is 0 Å². The van der Waals surface area contributed by atoms with E-state index in [0.29, 0.717) is 6.42 Å². The summed E-state index contributed by atoms with van der Waals surface area (Å²) >= 11 is 0. The van der Waals surface area contributed by atoms with Crippen LogP contribution in [-0.2, 0) is 14.3 Å². The second-order valence-corrected chi connectivity index (χ2v) is 7.13. The first-order chi connectivity index (χ1) is 15.0. The maximum atomic E-state index is 12.0. The van der Waals surface area contributed by atoms with Crippen LogP contribution in [0.25, 0.3) is 11.1 Å². The van der Waals surface area contributed by atoms with Crippen molar-refractivity contribution in [3.8, 4) is 23.0 Å². The van der Waals surface area contributed by atoms with Crippen molar-refractivity contribution in [2.24, 2.45) is 5.92 Å². The lowest BCUT2D eigenvalue weighted by atomic mass is 9.98. The zero-order valence-corrected chi connectivity index (χ0v) is 17.2. The Labute approximate surface area is 180 Å². The summed E-state index contributed by atoms with van der Waals surface area (Å²) < 4.78 is 5.38. The van der Waals surface area contributed by atoms with Crippen LogP contribution in [0.3, 0.4) is 0 Å². The first-order valence-corrected chi connectivity index (χ1v) is 10.1. The molecule has 0 aliphatic heterocycles. The molecule has 2 aromatic rings. The zero-order valence-electron chi connectivity index (χ0n) is 17.2. The van der Waals surface area contributed by atoms with E-state index < -0.39 is 23.9 Å². The van der Waals surface area contributed by atoms with Gasteiger partial charge in [-0.05, 0) is 34.6 Å². The highest BCUT2D eigenvalue weighted by Crippen LogP contribution is 2.44. The van der Waals surface area contributed by atoms with Crippen molar-refractivity contribution < 1.29 is 24.2 Å². The number of hydrogen-bond donors (Lipinski definition) is 3. The molecule has 31 heavy (non-hydrogen) atoms. The third-order valence-electron chi connectivity index (χ3n) is 5.22. The SMILES string of the molecule is CCC(CNC(=O)C#CCNC(=O)OCC1c2ccccc2-c2ccccc21)C(=O)O. The third-order valence-corrected chi connectivity index (χ3v) is 5.22. The molecule has 0 bridgehead atoms. The Morgan fingerprint density at radius 3 is 2.23 bits per heavy atom. The highest BCUT2D eigenvalue weighted by atomic mass is 16.5. The molecule has 3 rings (SSSR count). The van der Waals surface area contributed by atoms with Crippen molar-refractivity contribution in [1.82, 2.24) is 10.6 Å². The number of carboxylic acids is 1. The molecular weight excluding hydrogens is 396 g/mol. The summed E-state index contributed by atoms with van der Waals surface area (Å²) in [5, 5.41) is 13.9. The van der Waals surface area contributed by atoms with Gasteiger partial charge in [-0.25, -0.2) is 4.79 Å². The van der Waals surface area contributed by atoms with E-state index in [0.717, 1.165) is 22.3 Å². The fraction of sp³-hybridized carbons (Fsp3) is 0.292. The number of carbonyl (C=O) groups is 3. The van der Waals surface area contributed by atoms with Crippen molar-refractivity contribution in [1.29, 1.82) is 0 Å². The van der Waals surface area contributed by atoms with Crippen LogP contribution >= 0.6 is 0 Å². The van der Waals surface area contributed by atoms with Gasteiger partial charge in [-0.1, -0.05) is 61.4 Å². The average Bonchev–Trinajstić information content (AvgIpc) is 3.09. The lowest BCUT2D eigenvalue weighted by Crippen LogP contribution is -2.32. The molecule has 0 fully saturated rings. The van der Waals surface area contributed by atoms with E-state index in [1.807, 2.05) is 36.4 Å². The predicted molar refractivity (Wildman–Crippen MR) is 115 cm³/mol. The minimum absolute atomic E-state index is 0.0130. The van der Waals surface area contributed by atoms with E-state index in [1.165, 1.54) is 0 Å². The Hall–Kier alpha value is -3.79. The van der Waals surface area contributed by atoms with Crippen LogP contribution in [0, 0.1) is 17.8 Å². The smallest absolute Gasteiger partial charge is 0.407 e. The largest absolute Gasteiger partial charge is 0.481 e. The monoisotopic (exact) mass is 420 g/mol. The Balaban J connectivity index is 1.46. The molecule has 3 N–H and O–H groups in total. The molecule has 7 heteroatoms. The number of hydrogen-bond acceptors (Lipinski definition) is 4. The maximum absolute atomic E-state index is 12.0. The number of ether oxygens (including phenoxy) is 1. The van der Waals surface area contributed by atoms with Crippen LogP contribution in [-0.4, -0.2) is 42.8 Å². The second-order valence-electron chi connectivity index (χ2n) is 7.13. The summed E-state index contributed by atoms with van der Waals surface area (Å²) in [6, 6.07) is 16.1. The van der Waals surface area contributed by atoms with Crippen LogP contribution in [0.1, 0.15) is 30.4 Å². The number of amides is 2.